The number of benzene rings is 2. The molecule has 0 aliphatic carbocycles. The standard InChI is InChI=1S/C13H9ClFIN2O/c14-12-8(2-1-3-10(12)17)13(19)18-11-5-4-7(15)6-9(11)16/h1-6H,17H2,(H,18,19). The number of hydrogen-bond donors (Lipinski definition) is 2. The molecular weight excluding hydrogens is 382 g/mol. The van der Waals surface area contributed by atoms with Crippen LogP contribution in [0.15, 0.2) is 36.4 Å². The Morgan fingerprint density at radius 3 is 2.74 bits per heavy atom. The predicted octanol–water partition coefficient (Wildman–Crippen LogP) is 3.92. The Labute approximate surface area is 128 Å². The van der Waals surface area contributed by atoms with E-state index in [2.05, 4.69) is 5.32 Å². The molecule has 3 N–H and O–H groups in total. The number of halogens is 3. The highest BCUT2D eigenvalue weighted by atomic mass is 127. The number of amides is 1. The summed E-state index contributed by atoms with van der Waals surface area (Å²) in [5.41, 5.74) is 6.77. The van der Waals surface area contributed by atoms with E-state index in [1.807, 2.05) is 22.6 Å². The van der Waals surface area contributed by atoms with Gasteiger partial charge in [-0.25, -0.2) is 4.39 Å². The predicted molar refractivity (Wildman–Crippen MR) is 82.9 cm³/mol. The fraction of sp³-hybridized carbons (Fsp3) is 0. The van der Waals surface area contributed by atoms with Crippen LogP contribution in [0.4, 0.5) is 15.8 Å². The third-order valence-corrected chi connectivity index (χ3v) is 3.77. The van der Waals surface area contributed by atoms with E-state index in [1.165, 1.54) is 18.2 Å². The van der Waals surface area contributed by atoms with Gasteiger partial charge in [0.25, 0.3) is 5.91 Å². The van der Waals surface area contributed by atoms with Crippen molar-refractivity contribution in [1.29, 1.82) is 0 Å². The van der Waals surface area contributed by atoms with Gasteiger partial charge in [-0.15, -0.1) is 0 Å². The molecule has 0 aliphatic rings. The zero-order chi connectivity index (χ0) is 14.0. The zero-order valence-electron chi connectivity index (χ0n) is 9.58. The SMILES string of the molecule is Nc1cccc(C(=O)Nc2ccc(F)cc2I)c1Cl. The average molecular weight is 391 g/mol. The maximum Gasteiger partial charge on any atom is 0.257 e. The molecule has 3 nitrogen and oxygen atoms in total. The van der Waals surface area contributed by atoms with Gasteiger partial charge >= 0.3 is 0 Å². The molecule has 0 aliphatic heterocycles. The lowest BCUT2D eigenvalue weighted by Gasteiger charge is -2.09. The van der Waals surface area contributed by atoms with Crippen LogP contribution in [-0.2, 0) is 0 Å². The summed E-state index contributed by atoms with van der Waals surface area (Å²) in [4.78, 5) is 12.1. The average Bonchev–Trinajstić information content (AvgIpc) is 2.36. The fourth-order valence-corrected chi connectivity index (χ4v) is 2.33. The van der Waals surface area contributed by atoms with Crippen LogP contribution < -0.4 is 11.1 Å². The van der Waals surface area contributed by atoms with Crippen LogP contribution in [0.25, 0.3) is 0 Å². The summed E-state index contributed by atoms with van der Waals surface area (Å²) in [6, 6.07) is 8.93. The molecule has 0 atom stereocenters. The lowest BCUT2D eigenvalue weighted by Crippen LogP contribution is -2.14. The molecule has 2 rings (SSSR count). The van der Waals surface area contributed by atoms with Gasteiger partial charge in [0, 0.05) is 3.57 Å². The highest BCUT2D eigenvalue weighted by Gasteiger charge is 2.13. The summed E-state index contributed by atoms with van der Waals surface area (Å²) < 4.78 is 13.6. The number of nitrogen functional groups attached to an aromatic ring is 1. The van der Waals surface area contributed by atoms with Gasteiger partial charge in [0.15, 0.2) is 0 Å². The molecule has 19 heavy (non-hydrogen) atoms. The Kier molecular flexibility index (Phi) is 4.26. The van der Waals surface area contributed by atoms with Crippen molar-refractivity contribution in [2.24, 2.45) is 0 Å². The lowest BCUT2D eigenvalue weighted by molar-refractivity contribution is 0.102. The maximum atomic E-state index is 13.0. The van der Waals surface area contributed by atoms with Crippen LogP contribution in [0, 0.1) is 9.39 Å². The monoisotopic (exact) mass is 390 g/mol. The minimum Gasteiger partial charge on any atom is -0.398 e. The second-order valence-corrected chi connectivity index (χ2v) is 5.33. The lowest BCUT2D eigenvalue weighted by atomic mass is 10.2. The highest BCUT2D eigenvalue weighted by molar-refractivity contribution is 14.1. The molecule has 1 amide bonds. The van der Waals surface area contributed by atoms with Crippen molar-refractivity contribution < 1.29 is 9.18 Å². The van der Waals surface area contributed by atoms with E-state index in [4.69, 9.17) is 17.3 Å². The summed E-state index contributed by atoms with van der Waals surface area (Å²) >= 11 is 7.91. The van der Waals surface area contributed by atoms with Crippen molar-refractivity contribution in [3.63, 3.8) is 0 Å². The van der Waals surface area contributed by atoms with E-state index in [0.29, 0.717) is 14.9 Å². The van der Waals surface area contributed by atoms with Gasteiger partial charge in [-0.3, -0.25) is 4.79 Å². The summed E-state index contributed by atoms with van der Waals surface area (Å²) in [6.07, 6.45) is 0. The molecule has 0 fully saturated rings. The smallest absolute Gasteiger partial charge is 0.257 e. The second-order valence-electron chi connectivity index (χ2n) is 3.79. The Bertz CT molecular complexity index is 649. The van der Waals surface area contributed by atoms with Crippen molar-refractivity contribution in [1.82, 2.24) is 0 Å². The highest BCUT2D eigenvalue weighted by Crippen LogP contribution is 2.25. The minimum atomic E-state index is -0.387. The quantitative estimate of drug-likeness (QED) is 0.603. The summed E-state index contributed by atoms with van der Waals surface area (Å²) in [6.45, 7) is 0. The molecule has 2 aromatic rings. The van der Waals surface area contributed by atoms with Gasteiger partial charge in [-0.2, -0.15) is 0 Å². The third kappa shape index (κ3) is 3.16. The summed E-state index contributed by atoms with van der Waals surface area (Å²) in [5.74, 6) is -0.744. The van der Waals surface area contributed by atoms with E-state index >= 15 is 0 Å². The molecule has 0 saturated heterocycles. The van der Waals surface area contributed by atoms with E-state index in [0.717, 1.165) is 0 Å². The first-order chi connectivity index (χ1) is 8.99. The molecule has 0 unspecified atom stereocenters. The number of hydrogen-bond acceptors (Lipinski definition) is 2. The maximum absolute atomic E-state index is 13.0. The molecule has 0 saturated carbocycles. The number of carbonyl (C=O) groups excluding carboxylic acids is 1. The van der Waals surface area contributed by atoms with Crippen molar-refractivity contribution >= 4 is 51.5 Å². The van der Waals surface area contributed by atoms with Gasteiger partial charge in [0.1, 0.15) is 5.82 Å². The van der Waals surface area contributed by atoms with Gasteiger partial charge in [0.2, 0.25) is 0 Å². The molecule has 0 heterocycles. The van der Waals surface area contributed by atoms with Crippen molar-refractivity contribution in [3.05, 3.63) is 56.4 Å². The number of nitrogens with two attached hydrogens (primary N) is 1. The number of anilines is 2. The molecule has 6 heteroatoms. The van der Waals surface area contributed by atoms with Crippen molar-refractivity contribution in [3.8, 4) is 0 Å². The van der Waals surface area contributed by atoms with E-state index in [-0.39, 0.29) is 22.3 Å². The first kappa shape index (κ1) is 14.1. The van der Waals surface area contributed by atoms with Crippen molar-refractivity contribution in [2.45, 2.75) is 0 Å². The van der Waals surface area contributed by atoms with Gasteiger partial charge < -0.3 is 11.1 Å². The summed E-state index contributed by atoms with van der Waals surface area (Å²) in [7, 11) is 0. The van der Waals surface area contributed by atoms with Crippen molar-refractivity contribution in [2.75, 3.05) is 11.1 Å². The fourth-order valence-electron chi connectivity index (χ4n) is 1.51. The molecule has 0 radical (unpaired) electrons. The molecule has 0 aromatic heterocycles. The largest absolute Gasteiger partial charge is 0.398 e. The minimum absolute atomic E-state index is 0.206. The number of nitrogens with one attached hydrogen (secondary N) is 1. The van der Waals surface area contributed by atoms with Crippen LogP contribution in [0.5, 0.6) is 0 Å². The zero-order valence-corrected chi connectivity index (χ0v) is 12.5. The van der Waals surface area contributed by atoms with Gasteiger partial charge in [-0.1, -0.05) is 17.7 Å². The Hall–Kier alpha value is -1.34. The Morgan fingerprint density at radius 2 is 2.05 bits per heavy atom. The first-order valence-corrected chi connectivity index (χ1v) is 6.75. The summed E-state index contributed by atoms with van der Waals surface area (Å²) in [5, 5.41) is 2.87. The van der Waals surface area contributed by atoms with E-state index in [9.17, 15) is 9.18 Å². The first-order valence-electron chi connectivity index (χ1n) is 5.29. The van der Waals surface area contributed by atoms with Crippen LogP contribution in [0.2, 0.25) is 5.02 Å². The van der Waals surface area contributed by atoms with Gasteiger partial charge in [-0.05, 0) is 52.9 Å². The van der Waals surface area contributed by atoms with Crippen LogP contribution in [-0.4, -0.2) is 5.91 Å². The van der Waals surface area contributed by atoms with Crippen LogP contribution in [0.3, 0.4) is 0 Å². The third-order valence-electron chi connectivity index (χ3n) is 2.45. The molecule has 0 spiro atoms. The normalized spacial score (nSPS) is 10.3. The molecule has 0 bridgehead atoms. The molecule has 2 aromatic carbocycles. The second kappa shape index (κ2) is 5.75. The Balaban J connectivity index is 2.28. The molecular formula is C13H9ClFIN2O. The number of carbonyl (C=O) groups is 1. The van der Waals surface area contributed by atoms with Crippen LogP contribution >= 0.6 is 34.2 Å². The number of rotatable bonds is 2. The molecule has 98 valence electrons. The van der Waals surface area contributed by atoms with E-state index < -0.39 is 0 Å². The Morgan fingerprint density at radius 1 is 1.32 bits per heavy atom. The van der Waals surface area contributed by atoms with Crippen LogP contribution in [0.1, 0.15) is 10.4 Å². The van der Waals surface area contributed by atoms with Gasteiger partial charge in [0.05, 0.1) is 22.0 Å². The van der Waals surface area contributed by atoms with E-state index in [1.54, 1.807) is 18.2 Å². The topological polar surface area (TPSA) is 55.1 Å².